The molecule has 0 aliphatic heterocycles. The number of hydrogen-bond acceptors (Lipinski definition) is 2. The van der Waals surface area contributed by atoms with E-state index in [4.69, 9.17) is 0 Å². The number of hydrogen-bond donors (Lipinski definition) is 0. The standard InChI is InChI=1S/C12H16FNOS/c1-3-14(4-2)12(15)9-16-11-7-5-10(13)6-8-11/h5-8H,3-4,9H2,1-2H3. The van der Waals surface area contributed by atoms with Gasteiger partial charge in [-0.2, -0.15) is 0 Å². The van der Waals surface area contributed by atoms with Crippen molar-refractivity contribution in [3.8, 4) is 0 Å². The van der Waals surface area contributed by atoms with Gasteiger partial charge in [0.1, 0.15) is 5.82 Å². The number of carbonyl (C=O) groups is 1. The normalized spacial score (nSPS) is 10.2. The Bertz CT molecular complexity index is 335. The number of nitrogens with zero attached hydrogens (tertiary/aromatic N) is 1. The van der Waals surface area contributed by atoms with Crippen molar-refractivity contribution in [2.75, 3.05) is 18.8 Å². The van der Waals surface area contributed by atoms with Gasteiger partial charge in [-0.15, -0.1) is 11.8 Å². The van der Waals surface area contributed by atoms with E-state index in [1.165, 1.54) is 23.9 Å². The third-order valence-electron chi connectivity index (χ3n) is 2.29. The first-order valence-corrected chi connectivity index (χ1v) is 6.32. The topological polar surface area (TPSA) is 20.3 Å². The lowest BCUT2D eigenvalue weighted by Crippen LogP contribution is -2.31. The molecule has 0 aliphatic carbocycles. The molecule has 16 heavy (non-hydrogen) atoms. The monoisotopic (exact) mass is 241 g/mol. The maximum atomic E-state index is 12.6. The Hall–Kier alpha value is -1.03. The van der Waals surface area contributed by atoms with Gasteiger partial charge < -0.3 is 4.90 Å². The van der Waals surface area contributed by atoms with Crippen LogP contribution in [0, 0.1) is 5.82 Å². The third kappa shape index (κ3) is 3.85. The van der Waals surface area contributed by atoms with Gasteiger partial charge in [0.15, 0.2) is 0 Å². The Morgan fingerprint density at radius 1 is 1.25 bits per heavy atom. The summed E-state index contributed by atoms with van der Waals surface area (Å²) in [7, 11) is 0. The zero-order valence-corrected chi connectivity index (χ0v) is 10.4. The average molecular weight is 241 g/mol. The molecule has 0 N–H and O–H groups in total. The summed E-state index contributed by atoms with van der Waals surface area (Å²) in [5.74, 6) is 0.284. The lowest BCUT2D eigenvalue weighted by molar-refractivity contribution is -0.127. The molecule has 0 saturated carbocycles. The van der Waals surface area contributed by atoms with Crippen molar-refractivity contribution >= 4 is 17.7 Å². The van der Waals surface area contributed by atoms with Crippen molar-refractivity contribution in [1.82, 2.24) is 4.90 Å². The van der Waals surface area contributed by atoms with Crippen molar-refractivity contribution in [2.24, 2.45) is 0 Å². The van der Waals surface area contributed by atoms with Gasteiger partial charge in [-0.05, 0) is 38.1 Å². The first-order valence-electron chi connectivity index (χ1n) is 5.33. The fourth-order valence-electron chi connectivity index (χ4n) is 1.34. The first-order chi connectivity index (χ1) is 7.67. The molecule has 1 rings (SSSR count). The van der Waals surface area contributed by atoms with Crippen LogP contribution >= 0.6 is 11.8 Å². The quantitative estimate of drug-likeness (QED) is 0.739. The highest BCUT2D eigenvalue weighted by atomic mass is 32.2. The van der Waals surface area contributed by atoms with E-state index in [0.29, 0.717) is 5.75 Å². The van der Waals surface area contributed by atoms with E-state index in [9.17, 15) is 9.18 Å². The largest absolute Gasteiger partial charge is 0.343 e. The summed E-state index contributed by atoms with van der Waals surface area (Å²) >= 11 is 1.44. The Morgan fingerprint density at radius 3 is 2.31 bits per heavy atom. The highest BCUT2D eigenvalue weighted by Crippen LogP contribution is 2.18. The van der Waals surface area contributed by atoms with Crippen molar-refractivity contribution in [3.05, 3.63) is 30.1 Å². The van der Waals surface area contributed by atoms with Gasteiger partial charge in [0.2, 0.25) is 5.91 Å². The molecule has 0 spiro atoms. The summed E-state index contributed by atoms with van der Waals surface area (Å²) in [6, 6.07) is 6.19. The van der Waals surface area contributed by atoms with E-state index in [1.54, 1.807) is 17.0 Å². The zero-order valence-electron chi connectivity index (χ0n) is 9.57. The van der Waals surface area contributed by atoms with E-state index in [1.807, 2.05) is 13.8 Å². The lowest BCUT2D eigenvalue weighted by atomic mass is 10.4. The van der Waals surface area contributed by atoms with E-state index >= 15 is 0 Å². The molecule has 0 aliphatic rings. The molecular formula is C12H16FNOS. The fourth-order valence-corrected chi connectivity index (χ4v) is 2.14. The molecule has 0 bridgehead atoms. The van der Waals surface area contributed by atoms with Crippen molar-refractivity contribution in [2.45, 2.75) is 18.7 Å². The van der Waals surface area contributed by atoms with E-state index in [2.05, 4.69) is 0 Å². The molecule has 0 saturated heterocycles. The van der Waals surface area contributed by atoms with Gasteiger partial charge in [0.05, 0.1) is 5.75 Å². The van der Waals surface area contributed by atoms with Crippen LogP contribution in [0.2, 0.25) is 0 Å². The van der Waals surface area contributed by atoms with E-state index in [0.717, 1.165) is 18.0 Å². The highest BCUT2D eigenvalue weighted by Gasteiger charge is 2.09. The second-order valence-electron chi connectivity index (χ2n) is 3.31. The maximum absolute atomic E-state index is 12.6. The van der Waals surface area contributed by atoms with Crippen LogP contribution in [-0.2, 0) is 4.79 Å². The van der Waals surface area contributed by atoms with Gasteiger partial charge in [0, 0.05) is 18.0 Å². The number of rotatable bonds is 5. The minimum atomic E-state index is -0.251. The van der Waals surface area contributed by atoms with Gasteiger partial charge >= 0.3 is 0 Å². The SMILES string of the molecule is CCN(CC)C(=O)CSc1ccc(F)cc1. The first kappa shape index (κ1) is 13.0. The molecule has 1 aromatic carbocycles. The van der Waals surface area contributed by atoms with Crippen LogP contribution in [0.5, 0.6) is 0 Å². The minimum absolute atomic E-state index is 0.124. The minimum Gasteiger partial charge on any atom is -0.343 e. The van der Waals surface area contributed by atoms with Gasteiger partial charge in [-0.25, -0.2) is 4.39 Å². The molecule has 1 aromatic rings. The summed E-state index contributed by atoms with van der Waals surface area (Å²) < 4.78 is 12.6. The van der Waals surface area contributed by atoms with Crippen LogP contribution in [0.15, 0.2) is 29.2 Å². The van der Waals surface area contributed by atoms with Gasteiger partial charge in [-0.3, -0.25) is 4.79 Å². The van der Waals surface area contributed by atoms with Crippen LogP contribution in [0.25, 0.3) is 0 Å². The smallest absolute Gasteiger partial charge is 0.232 e. The van der Waals surface area contributed by atoms with E-state index in [-0.39, 0.29) is 11.7 Å². The van der Waals surface area contributed by atoms with Crippen LogP contribution in [-0.4, -0.2) is 29.6 Å². The molecule has 0 unspecified atom stereocenters. The van der Waals surface area contributed by atoms with Crippen LogP contribution in [0.1, 0.15) is 13.8 Å². The fraction of sp³-hybridized carbons (Fsp3) is 0.417. The second-order valence-corrected chi connectivity index (χ2v) is 4.36. The lowest BCUT2D eigenvalue weighted by Gasteiger charge is -2.18. The summed E-state index contributed by atoms with van der Waals surface area (Å²) in [6.07, 6.45) is 0. The van der Waals surface area contributed by atoms with Crippen molar-refractivity contribution < 1.29 is 9.18 Å². The molecule has 0 heterocycles. The van der Waals surface area contributed by atoms with Crippen molar-refractivity contribution in [3.63, 3.8) is 0 Å². The molecule has 4 heteroatoms. The average Bonchev–Trinajstić information content (AvgIpc) is 2.30. The van der Waals surface area contributed by atoms with Gasteiger partial charge in [-0.1, -0.05) is 0 Å². The number of amides is 1. The molecular weight excluding hydrogens is 225 g/mol. The number of thioether (sulfide) groups is 1. The molecule has 2 nitrogen and oxygen atoms in total. The molecule has 88 valence electrons. The summed E-state index contributed by atoms with van der Waals surface area (Å²) in [4.78, 5) is 14.4. The summed E-state index contributed by atoms with van der Waals surface area (Å²) in [6.45, 7) is 5.40. The molecule has 0 aromatic heterocycles. The number of benzene rings is 1. The molecule has 1 amide bonds. The third-order valence-corrected chi connectivity index (χ3v) is 3.29. The molecule has 0 radical (unpaired) electrons. The predicted molar refractivity (Wildman–Crippen MR) is 65.1 cm³/mol. The Labute approximate surface area is 99.8 Å². The molecule has 0 fully saturated rings. The summed E-state index contributed by atoms with van der Waals surface area (Å²) in [5, 5.41) is 0. The van der Waals surface area contributed by atoms with Crippen molar-refractivity contribution in [1.29, 1.82) is 0 Å². The Balaban J connectivity index is 2.45. The maximum Gasteiger partial charge on any atom is 0.232 e. The highest BCUT2D eigenvalue weighted by molar-refractivity contribution is 8.00. The molecule has 0 atom stereocenters. The van der Waals surface area contributed by atoms with Crippen LogP contribution in [0.3, 0.4) is 0 Å². The number of carbonyl (C=O) groups excluding carboxylic acids is 1. The van der Waals surface area contributed by atoms with Crippen LogP contribution < -0.4 is 0 Å². The zero-order chi connectivity index (χ0) is 12.0. The van der Waals surface area contributed by atoms with Gasteiger partial charge in [0.25, 0.3) is 0 Å². The number of halogens is 1. The van der Waals surface area contributed by atoms with Crippen LogP contribution in [0.4, 0.5) is 4.39 Å². The predicted octanol–water partition coefficient (Wildman–Crippen LogP) is 2.79. The Kier molecular flexibility index (Phi) is 5.32. The summed E-state index contributed by atoms with van der Waals surface area (Å²) in [5.41, 5.74) is 0. The van der Waals surface area contributed by atoms with E-state index < -0.39 is 0 Å². The second kappa shape index (κ2) is 6.53. The Morgan fingerprint density at radius 2 is 1.81 bits per heavy atom.